The quantitative estimate of drug-likeness (QED) is 0.802. The normalized spacial score (nSPS) is 20.3. The molecule has 0 spiro atoms. The summed E-state index contributed by atoms with van der Waals surface area (Å²) < 4.78 is 5.71. The molecule has 2 aliphatic heterocycles. The van der Waals surface area contributed by atoms with Crippen molar-refractivity contribution in [3.8, 4) is 0 Å². The highest BCUT2D eigenvalue weighted by molar-refractivity contribution is 6.00. The molecule has 4 rings (SSSR count). The van der Waals surface area contributed by atoms with E-state index in [-0.39, 0.29) is 30.1 Å². The molecule has 1 unspecified atom stereocenters. The lowest BCUT2D eigenvalue weighted by Gasteiger charge is -2.34. The average molecular weight is 383 g/mol. The summed E-state index contributed by atoms with van der Waals surface area (Å²) in [6, 6.07) is 10.0. The van der Waals surface area contributed by atoms with Crippen molar-refractivity contribution in [2.75, 3.05) is 42.5 Å². The largest absolute Gasteiger partial charge is 0.408 e. The summed E-state index contributed by atoms with van der Waals surface area (Å²) in [7, 11) is 0. The third-order valence-electron chi connectivity index (χ3n) is 5.33. The van der Waals surface area contributed by atoms with Crippen LogP contribution >= 0.6 is 0 Å². The molecule has 148 valence electrons. The second-order valence-electron chi connectivity index (χ2n) is 7.63. The number of nitrogens with zero attached hydrogens (tertiary/aromatic N) is 5. The van der Waals surface area contributed by atoms with Gasteiger partial charge in [0.2, 0.25) is 17.7 Å². The van der Waals surface area contributed by atoms with Gasteiger partial charge in [-0.15, -0.1) is 5.10 Å². The Labute approximate surface area is 164 Å². The minimum absolute atomic E-state index is 0.00950. The summed E-state index contributed by atoms with van der Waals surface area (Å²) in [4.78, 5) is 30.9. The minimum Gasteiger partial charge on any atom is -0.408 e. The molecule has 0 aliphatic carbocycles. The van der Waals surface area contributed by atoms with Gasteiger partial charge in [0.15, 0.2) is 0 Å². The highest BCUT2D eigenvalue weighted by Gasteiger charge is 2.38. The van der Waals surface area contributed by atoms with Crippen LogP contribution in [0.4, 0.5) is 11.7 Å². The van der Waals surface area contributed by atoms with Gasteiger partial charge < -0.3 is 19.1 Å². The zero-order chi connectivity index (χ0) is 19.7. The second kappa shape index (κ2) is 7.61. The van der Waals surface area contributed by atoms with Crippen LogP contribution in [0.25, 0.3) is 0 Å². The Kier molecular flexibility index (Phi) is 5.02. The molecule has 1 aromatic carbocycles. The van der Waals surface area contributed by atoms with E-state index in [1.165, 1.54) is 0 Å². The predicted molar refractivity (Wildman–Crippen MR) is 104 cm³/mol. The van der Waals surface area contributed by atoms with Gasteiger partial charge in [0.25, 0.3) is 0 Å². The van der Waals surface area contributed by atoms with E-state index in [9.17, 15) is 9.59 Å². The van der Waals surface area contributed by atoms with Gasteiger partial charge in [-0.3, -0.25) is 9.59 Å². The molecule has 2 aromatic rings. The Balaban J connectivity index is 1.34. The highest BCUT2D eigenvalue weighted by Crippen LogP contribution is 2.27. The molecule has 1 atom stereocenters. The number of amides is 2. The molecular weight excluding hydrogens is 358 g/mol. The van der Waals surface area contributed by atoms with E-state index in [2.05, 4.69) is 10.2 Å². The summed E-state index contributed by atoms with van der Waals surface area (Å²) in [6.45, 7) is 6.94. The van der Waals surface area contributed by atoms with Crippen LogP contribution in [0.2, 0.25) is 0 Å². The maximum atomic E-state index is 12.9. The van der Waals surface area contributed by atoms with Crippen LogP contribution < -0.4 is 9.80 Å². The van der Waals surface area contributed by atoms with E-state index in [0.29, 0.717) is 44.6 Å². The molecule has 1 aromatic heterocycles. The van der Waals surface area contributed by atoms with Crippen molar-refractivity contribution in [1.29, 1.82) is 0 Å². The molecule has 3 heterocycles. The molecule has 2 aliphatic rings. The summed E-state index contributed by atoms with van der Waals surface area (Å²) in [5.41, 5.74) is 0.852. The summed E-state index contributed by atoms with van der Waals surface area (Å²) in [5, 5.41) is 8.19. The van der Waals surface area contributed by atoms with Crippen LogP contribution in [-0.4, -0.2) is 59.6 Å². The zero-order valence-corrected chi connectivity index (χ0v) is 16.2. The van der Waals surface area contributed by atoms with Gasteiger partial charge in [-0.25, -0.2) is 0 Å². The fourth-order valence-corrected chi connectivity index (χ4v) is 3.69. The third kappa shape index (κ3) is 3.58. The standard InChI is InChI=1S/C20H25N5O3/c1-14(2)18-21-22-20(28-18)24-10-8-23(9-11-24)19(27)15-12-17(26)25(13-15)16-6-4-3-5-7-16/h3-7,14-15H,8-13H2,1-2H3. The van der Waals surface area contributed by atoms with E-state index < -0.39 is 0 Å². The van der Waals surface area contributed by atoms with Crippen LogP contribution in [0, 0.1) is 5.92 Å². The first-order valence-corrected chi connectivity index (χ1v) is 9.75. The van der Waals surface area contributed by atoms with Crippen molar-refractivity contribution in [2.24, 2.45) is 5.92 Å². The van der Waals surface area contributed by atoms with E-state index in [1.54, 1.807) is 4.90 Å². The first-order valence-electron chi connectivity index (χ1n) is 9.75. The van der Waals surface area contributed by atoms with Crippen molar-refractivity contribution in [1.82, 2.24) is 15.1 Å². The Bertz CT molecular complexity index is 843. The number of benzene rings is 1. The number of hydrogen-bond donors (Lipinski definition) is 0. The Morgan fingerprint density at radius 1 is 1.11 bits per heavy atom. The monoisotopic (exact) mass is 383 g/mol. The Hall–Kier alpha value is -2.90. The van der Waals surface area contributed by atoms with Gasteiger partial charge in [0, 0.05) is 50.7 Å². The van der Waals surface area contributed by atoms with Gasteiger partial charge in [0.05, 0.1) is 5.92 Å². The fourth-order valence-electron chi connectivity index (χ4n) is 3.69. The first kappa shape index (κ1) is 18.5. The zero-order valence-electron chi connectivity index (χ0n) is 16.2. The SMILES string of the molecule is CC(C)c1nnc(N2CCN(C(=O)C3CC(=O)N(c4ccccc4)C3)CC2)o1. The highest BCUT2D eigenvalue weighted by atomic mass is 16.4. The predicted octanol–water partition coefficient (Wildman–Crippen LogP) is 1.89. The molecule has 28 heavy (non-hydrogen) atoms. The fraction of sp³-hybridized carbons (Fsp3) is 0.500. The molecule has 2 amide bonds. The smallest absolute Gasteiger partial charge is 0.318 e. The number of aromatic nitrogens is 2. The van der Waals surface area contributed by atoms with E-state index >= 15 is 0 Å². The van der Waals surface area contributed by atoms with Gasteiger partial charge in [0.1, 0.15) is 0 Å². The number of anilines is 2. The number of para-hydroxylation sites is 1. The van der Waals surface area contributed by atoms with Gasteiger partial charge in [-0.2, -0.15) is 0 Å². The van der Waals surface area contributed by atoms with Gasteiger partial charge in [-0.1, -0.05) is 37.1 Å². The van der Waals surface area contributed by atoms with Crippen molar-refractivity contribution < 1.29 is 14.0 Å². The number of carbonyl (C=O) groups excluding carboxylic acids is 2. The average Bonchev–Trinajstić information content (AvgIpc) is 3.36. The molecular formula is C20H25N5O3. The number of carbonyl (C=O) groups is 2. The molecule has 0 saturated carbocycles. The third-order valence-corrected chi connectivity index (χ3v) is 5.33. The maximum Gasteiger partial charge on any atom is 0.318 e. The Morgan fingerprint density at radius 2 is 1.82 bits per heavy atom. The summed E-state index contributed by atoms with van der Waals surface area (Å²) >= 11 is 0. The number of rotatable bonds is 4. The van der Waals surface area contributed by atoms with Gasteiger partial charge in [-0.05, 0) is 12.1 Å². The molecule has 0 bridgehead atoms. The maximum absolute atomic E-state index is 12.9. The van der Waals surface area contributed by atoms with Crippen LogP contribution in [0.1, 0.15) is 32.1 Å². The van der Waals surface area contributed by atoms with Crippen LogP contribution in [-0.2, 0) is 9.59 Å². The molecule has 8 heteroatoms. The van der Waals surface area contributed by atoms with Crippen LogP contribution in [0.15, 0.2) is 34.7 Å². The van der Waals surface area contributed by atoms with Gasteiger partial charge >= 0.3 is 6.01 Å². The lowest BCUT2D eigenvalue weighted by atomic mass is 10.1. The molecule has 2 saturated heterocycles. The van der Waals surface area contributed by atoms with Crippen molar-refractivity contribution in [3.63, 3.8) is 0 Å². The van der Waals surface area contributed by atoms with E-state index in [1.807, 2.05) is 54.0 Å². The lowest BCUT2D eigenvalue weighted by molar-refractivity contribution is -0.136. The summed E-state index contributed by atoms with van der Waals surface area (Å²) in [5.74, 6) is 0.598. The molecule has 0 radical (unpaired) electrons. The minimum atomic E-state index is -0.282. The van der Waals surface area contributed by atoms with Crippen LogP contribution in [0.3, 0.4) is 0 Å². The number of hydrogen-bond acceptors (Lipinski definition) is 6. The van der Waals surface area contributed by atoms with Crippen molar-refractivity contribution >= 4 is 23.5 Å². The van der Waals surface area contributed by atoms with E-state index in [4.69, 9.17) is 4.42 Å². The topological polar surface area (TPSA) is 82.8 Å². The van der Waals surface area contributed by atoms with E-state index in [0.717, 1.165) is 5.69 Å². The lowest BCUT2D eigenvalue weighted by Crippen LogP contribution is -2.50. The number of piperazine rings is 1. The summed E-state index contributed by atoms with van der Waals surface area (Å²) in [6.07, 6.45) is 0.273. The van der Waals surface area contributed by atoms with Crippen LogP contribution in [0.5, 0.6) is 0 Å². The molecule has 2 fully saturated rings. The molecule has 0 N–H and O–H groups in total. The van der Waals surface area contributed by atoms with Crippen molar-refractivity contribution in [3.05, 3.63) is 36.2 Å². The second-order valence-corrected chi connectivity index (χ2v) is 7.63. The Morgan fingerprint density at radius 3 is 2.46 bits per heavy atom. The first-order chi connectivity index (χ1) is 13.5. The van der Waals surface area contributed by atoms with Crippen molar-refractivity contribution in [2.45, 2.75) is 26.2 Å². The molecule has 8 nitrogen and oxygen atoms in total.